The molecule has 0 amide bonds. The highest BCUT2D eigenvalue weighted by atomic mass is 16.4. The van der Waals surface area contributed by atoms with Crippen LogP contribution in [0.5, 0.6) is 0 Å². The quantitative estimate of drug-likeness (QED) is 0.806. The number of anilines is 1. The van der Waals surface area contributed by atoms with Gasteiger partial charge in [0.2, 0.25) is 0 Å². The number of hydrogen-bond donors (Lipinski definition) is 2. The van der Waals surface area contributed by atoms with Crippen LogP contribution in [-0.2, 0) is 4.79 Å². The Morgan fingerprint density at radius 1 is 1.26 bits per heavy atom. The lowest BCUT2D eigenvalue weighted by molar-refractivity contribution is -0.132. The van der Waals surface area contributed by atoms with E-state index < -0.39 is 5.97 Å². The smallest absolute Gasteiger partial charge is 0.331 e. The molecule has 0 aromatic heterocycles. The molecule has 3 rings (SSSR count). The van der Waals surface area contributed by atoms with Gasteiger partial charge in [0.05, 0.1) is 5.69 Å². The number of aliphatic imine (C=N–C) groups is 1. The number of hydrogen-bond acceptors (Lipinski definition) is 3. The van der Waals surface area contributed by atoms with Crippen molar-refractivity contribution in [1.82, 2.24) is 0 Å². The molecule has 94 valence electrons. The minimum atomic E-state index is -0.943. The Morgan fingerprint density at radius 2 is 2.00 bits per heavy atom. The van der Waals surface area contributed by atoms with Crippen LogP contribution in [0.1, 0.15) is 6.92 Å². The number of benzene rings is 2. The van der Waals surface area contributed by atoms with E-state index in [1.54, 1.807) is 6.92 Å². The molecule has 0 spiro atoms. The van der Waals surface area contributed by atoms with E-state index in [4.69, 9.17) is 5.11 Å². The molecule has 2 aromatic carbocycles. The van der Waals surface area contributed by atoms with Gasteiger partial charge in [-0.3, -0.25) is 0 Å². The van der Waals surface area contributed by atoms with Crippen molar-refractivity contribution >= 4 is 34.0 Å². The fourth-order valence-electron chi connectivity index (χ4n) is 2.15. The predicted molar refractivity (Wildman–Crippen MR) is 76.1 cm³/mol. The number of carbonyl (C=O) groups is 1. The summed E-state index contributed by atoms with van der Waals surface area (Å²) in [6, 6.07) is 11.9. The zero-order valence-corrected chi connectivity index (χ0v) is 10.3. The lowest BCUT2D eigenvalue weighted by Gasteiger charge is -2.17. The van der Waals surface area contributed by atoms with E-state index in [1.165, 1.54) is 6.08 Å². The molecule has 0 saturated carbocycles. The predicted octanol–water partition coefficient (Wildman–Crippen LogP) is 3.33. The molecule has 1 aliphatic rings. The lowest BCUT2D eigenvalue weighted by Crippen LogP contribution is -2.14. The van der Waals surface area contributed by atoms with Gasteiger partial charge in [-0.05, 0) is 30.5 Å². The van der Waals surface area contributed by atoms with Crippen LogP contribution in [-0.4, -0.2) is 16.9 Å². The summed E-state index contributed by atoms with van der Waals surface area (Å²) in [5.41, 5.74) is 2.06. The van der Waals surface area contributed by atoms with Gasteiger partial charge in [-0.15, -0.1) is 0 Å². The highest BCUT2D eigenvalue weighted by Gasteiger charge is 2.13. The summed E-state index contributed by atoms with van der Waals surface area (Å²) in [7, 11) is 0. The molecular weight excluding hydrogens is 240 g/mol. The maximum Gasteiger partial charge on any atom is 0.331 e. The van der Waals surface area contributed by atoms with Crippen LogP contribution < -0.4 is 5.32 Å². The number of nitrogens with zero attached hydrogens (tertiary/aromatic N) is 1. The van der Waals surface area contributed by atoms with Crippen molar-refractivity contribution in [1.29, 1.82) is 0 Å². The fourth-order valence-corrected chi connectivity index (χ4v) is 2.15. The highest BCUT2D eigenvalue weighted by molar-refractivity contribution is 6.18. The summed E-state index contributed by atoms with van der Waals surface area (Å²) in [4.78, 5) is 15.3. The molecule has 1 heterocycles. The number of carboxylic acid groups (broad SMARTS) is 1. The molecular formula is C15H12N2O2. The largest absolute Gasteiger partial charge is 0.478 e. The van der Waals surface area contributed by atoms with Gasteiger partial charge < -0.3 is 10.4 Å². The Labute approximate surface area is 110 Å². The summed E-state index contributed by atoms with van der Waals surface area (Å²) in [6.07, 6.45) is 1.54. The second-order valence-electron chi connectivity index (χ2n) is 4.44. The third-order valence-corrected chi connectivity index (χ3v) is 3.08. The number of aliphatic carboxylic acids is 1. The number of amidine groups is 1. The first-order valence-corrected chi connectivity index (χ1v) is 5.94. The summed E-state index contributed by atoms with van der Waals surface area (Å²) in [5, 5.41) is 14.2. The average molecular weight is 252 g/mol. The van der Waals surface area contributed by atoms with Crippen molar-refractivity contribution < 1.29 is 9.90 Å². The van der Waals surface area contributed by atoms with Crippen LogP contribution in [0.25, 0.3) is 10.8 Å². The SMILES string of the molecule is CC(=CC1=Nc2cccc3cccc(c23)N1)C(=O)O. The molecule has 0 aliphatic carbocycles. The molecule has 1 aliphatic heterocycles. The molecule has 0 atom stereocenters. The van der Waals surface area contributed by atoms with Crippen LogP contribution in [0.2, 0.25) is 0 Å². The minimum Gasteiger partial charge on any atom is -0.478 e. The normalized spacial score (nSPS) is 13.9. The van der Waals surface area contributed by atoms with Gasteiger partial charge in [-0.25, -0.2) is 9.79 Å². The van der Waals surface area contributed by atoms with E-state index in [0.29, 0.717) is 5.84 Å². The summed E-state index contributed by atoms with van der Waals surface area (Å²) < 4.78 is 0. The van der Waals surface area contributed by atoms with E-state index in [0.717, 1.165) is 22.1 Å². The van der Waals surface area contributed by atoms with Crippen molar-refractivity contribution in [2.75, 3.05) is 5.32 Å². The zero-order chi connectivity index (χ0) is 13.4. The van der Waals surface area contributed by atoms with Crippen LogP contribution in [0, 0.1) is 0 Å². The fraction of sp³-hybridized carbons (Fsp3) is 0.0667. The standard InChI is InChI=1S/C15H12N2O2/c1-9(15(18)19)8-13-16-11-6-2-4-10-5-3-7-12(17-13)14(10)11/h2-8H,1H3,(H,16,17)(H,18,19). The van der Waals surface area contributed by atoms with Crippen LogP contribution in [0.3, 0.4) is 0 Å². The Bertz CT molecular complexity index is 740. The van der Waals surface area contributed by atoms with Crippen molar-refractivity contribution in [2.24, 2.45) is 4.99 Å². The minimum absolute atomic E-state index is 0.248. The number of rotatable bonds is 2. The Balaban J connectivity index is 2.15. The number of nitrogens with one attached hydrogen (secondary N) is 1. The van der Waals surface area contributed by atoms with Gasteiger partial charge in [0.25, 0.3) is 0 Å². The van der Waals surface area contributed by atoms with E-state index in [2.05, 4.69) is 10.3 Å². The third-order valence-electron chi connectivity index (χ3n) is 3.08. The topological polar surface area (TPSA) is 61.7 Å². The summed E-state index contributed by atoms with van der Waals surface area (Å²) in [6.45, 7) is 1.55. The average Bonchev–Trinajstić information content (AvgIpc) is 2.39. The lowest BCUT2D eigenvalue weighted by atomic mass is 10.1. The van der Waals surface area contributed by atoms with Gasteiger partial charge in [-0.1, -0.05) is 24.3 Å². The Morgan fingerprint density at radius 3 is 2.74 bits per heavy atom. The van der Waals surface area contributed by atoms with Crippen molar-refractivity contribution in [3.8, 4) is 0 Å². The molecule has 4 nitrogen and oxygen atoms in total. The molecule has 19 heavy (non-hydrogen) atoms. The maximum absolute atomic E-state index is 10.9. The molecule has 0 fully saturated rings. The summed E-state index contributed by atoms with van der Waals surface area (Å²) in [5.74, 6) is -0.396. The highest BCUT2D eigenvalue weighted by Crippen LogP contribution is 2.35. The maximum atomic E-state index is 10.9. The van der Waals surface area contributed by atoms with Crippen molar-refractivity contribution in [3.63, 3.8) is 0 Å². The van der Waals surface area contributed by atoms with Gasteiger partial charge in [0, 0.05) is 16.6 Å². The van der Waals surface area contributed by atoms with Gasteiger partial charge >= 0.3 is 5.97 Å². The first-order chi connectivity index (χ1) is 9.15. The van der Waals surface area contributed by atoms with Crippen LogP contribution in [0.15, 0.2) is 53.0 Å². The molecule has 0 bridgehead atoms. The zero-order valence-electron chi connectivity index (χ0n) is 10.3. The van der Waals surface area contributed by atoms with E-state index in [1.807, 2.05) is 36.4 Å². The third kappa shape index (κ3) is 1.97. The second-order valence-corrected chi connectivity index (χ2v) is 4.44. The van der Waals surface area contributed by atoms with Gasteiger partial charge in [-0.2, -0.15) is 0 Å². The summed E-state index contributed by atoms with van der Waals surface area (Å²) >= 11 is 0. The van der Waals surface area contributed by atoms with Crippen LogP contribution >= 0.6 is 0 Å². The molecule has 0 unspecified atom stereocenters. The number of carboxylic acids is 1. The molecule has 2 N–H and O–H groups in total. The first kappa shape index (κ1) is 11.5. The van der Waals surface area contributed by atoms with E-state index >= 15 is 0 Å². The Kier molecular flexibility index (Phi) is 2.56. The Hall–Kier alpha value is -2.62. The van der Waals surface area contributed by atoms with E-state index in [-0.39, 0.29) is 5.57 Å². The molecule has 0 saturated heterocycles. The van der Waals surface area contributed by atoms with Crippen molar-refractivity contribution in [2.45, 2.75) is 6.92 Å². The first-order valence-electron chi connectivity index (χ1n) is 5.94. The molecule has 0 radical (unpaired) electrons. The van der Waals surface area contributed by atoms with Crippen LogP contribution in [0.4, 0.5) is 11.4 Å². The van der Waals surface area contributed by atoms with Crippen molar-refractivity contribution in [3.05, 3.63) is 48.0 Å². The molecule has 4 heteroatoms. The molecule has 2 aromatic rings. The van der Waals surface area contributed by atoms with Gasteiger partial charge in [0.1, 0.15) is 5.84 Å². The second kappa shape index (κ2) is 4.24. The van der Waals surface area contributed by atoms with E-state index in [9.17, 15) is 4.79 Å². The van der Waals surface area contributed by atoms with Gasteiger partial charge in [0.15, 0.2) is 0 Å². The monoisotopic (exact) mass is 252 g/mol.